The number of para-hydroxylation sites is 1. The van der Waals surface area contributed by atoms with Crippen molar-refractivity contribution in [3.8, 4) is 6.07 Å². The Morgan fingerprint density at radius 3 is 2.71 bits per heavy atom. The number of aromatic nitrogens is 1. The molecular formula is C33H41F4N7O4. The first-order valence-electron chi connectivity index (χ1n) is 15.6. The average Bonchev–Trinajstić information content (AvgIpc) is 3.01. The predicted octanol–water partition coefficient (Wildman–Crippen LogP) is 3.83. The summed E-state index contributed by atoms with van der Waals surface area (Å²) in [6, 6.07) is 5.70. The number of fused-ring (bicyclic) bond motifs is 1. The highest BCUT2D eigenvalue weighted by molar-refractivity contribution is 6.01. The van der Waals surface area contributed by atoms with Gasteiger partial charge in [0.2, 0.25) is 11.8 Å². The number of rotatable bonds is 13. The number of likely N-dealkylation sites (N-methyl/N-ethyl adjacent to an activating group) is 2. The number of carbonyl (C=O) groups is 2. The first kappa shape index (κ1) is 36.6. The van der Waals surface area contributed by atoms with Gasteiger partial charge in [0.15, 0.2) is 0 Å². The Bertz CT molecular complexity index is 1520. The number of alkyl halides is 3. The molecule has 2 aliphatic rings. The summed E-state index contributed by atoms with van der Waals surface area (Å²) < 4.78 is 67.4. The van der Waals surface area contributed by atoms with Gasteiger partial charge < -0.3 is 34.4 Å². The highest BCUT2D eigenvalue weighted by atomic mass is 19.4. The molecule has 0 aliphatic carbocycles. The number of halogens is 4. The Labute approximate surface area is 277 Å². The molecular weight excluding hydrogens is 634 g/mol. The monoisotopic (exact) mass is 675 g/mol. The highest BCUT2D eigenvalue weighted by Crippen LogP contribution is 2.37. The quantitative estimate of drug-likeness (QED) is 0.192. The predicted molar refractivity (Wildman–Crippen MR) is 172 cm³/mol. The third kappa shape index (κ3) is 9.00. The Morgan fingerprint density at radius 2 is 2.02 bits per heavy atom. The second-order valence-electron chi connectivity index (χ2n) is 11.9. The first-order chi connectivity index (χ1) is 22.8. The number of methoxy groups -OCH3 is 1. The molecule has 11 nitrogen and oxygen atoms in total. The summed E-state index contributed by atoms with van der Waals surface area (Å²) in [5.74, 6) is -1.45. The van der Waals surface area contributed by atoms with Crippen LogP contribution < -0.4 is 15.1 Å². The Morgan fingerprint density at radius 1 is 1.27 bits per heavy atom. The molecule has 2 aliphatic heterocycles. The lowest BCUT2D eigenvalue weighted by Crippen LogP contribution is -2.54. The molecule has 0 radical (unpaired) electrons. The van der Waals surface area contributed by atoms with Crippen LogP contribution in [-0.4, -0.2) is 112 Å². The smallest absolute Gasteiger partial charge is 0.383 e. The molecule has 1 atom stereocenters. The second-order valence-corrected chi connectivity index (χ2v) is 11.9. The molecule has 0 bridgehead atoms. The van der Waals surface area contributed by atoms with Gasteiger partial charge in [0.05, 0.1) is 29.6 Å². The number of hydrogen-bond donors (Lipinski definition) is 1. The summed E-state index contributed by atoms with van der Waals surface area (Å²) in [5.41, 5.74) is -1.28. The van der Waals surface area contributed by atoms with Crippen molar-refractivity contribution in [1.82, 2.24) is 14.8 Å². The summed E-state index contributed by atoms with van der Waals surface area (Å²) in [7, 11) is 5.05. The van der Waals surface area contributed by atoms with E-state index in [2.05, 4.69) is 10.3 Å². The van der Waals surface area contributed by atoms with Crippen LogP contribution in [0.25, 0.3) is 0 Å². The van der Waals surface area contributed by atoms with E-state index in [0.29, 0.717) is 51.5 Å². The van der Waals surface area contributed by atoms with Gasteiger partial charge in [-0.1, -0.05) is 12.1 Å². The van der Waals surface area contributed by atoms with Crippen LogP contribution in [0.15, 0.2) is 36.4 Å². The Balaban J connectivity index is 1.37. The molecule has 0 spiro atoms. The van der Waals surface area contributed by atoms with E-state index in [9.17, 15) is 28.0 Å². The zero-order chi connectivity index (χ0) is 35.0. The zero-order valence-electron chi connectivity index (χ0n) is 27.5. The van der Waals surface area contributed by atoms with Crippen molar-refractivity contribution < 1.29 is 36.6 Å². The van der Waals surface area contributed by atoms with E-state index in [0.717, 1.165) is 12.6 Å². The molecule has 4 rings (SSSR count). The molecule has 2 aromatic rings. The number of benzene rings is 1. The largest absolute Gasteiger partial charge is 0.417 e. The maximum absolute atomic E-state index is 15.3. The van der Waals surface area contributed by atoms with E-state index in [1.54, 1.807) is 35.1 Å². The molecule has 15 heteroatoms. The van der Waals surface area contributed by atoms with Crippen LogP contribution in [0.4, 0.5) is 34.8 Å². The van der Waals surface area contributed by atoms with Crippen molar-refractivity contribution in [2.45, 2.75) is 38.1 Å². The number of amides is 2. The zero-order valence-corrected chi connectivity index (χ0v) is 27.5. The second kappa shape index (κ2) is 16.2. The van der Waals surface area contributed by atoms with Crippen LogP contribution in [-0.2, 0) is 25.2 Å². The maximum Gasteiger partial charge on any atom is 0.417 e. The van der Waals surface area contributed by atoms with E-state index in [4.69, 9.17) is 9.47 Å². The number of anilines is 3. The van der Waals surface area contributed by atoms with Crippen molar-refractivity contribution in [2.24, 2.45) is 0 Å². The molecule has 1 N–H and O–H groups in total. The fourth-order valence-electron chi connectivity index (χ4n) is 5.60. The van der Waals surface area contributed by atoms with Gasteiger partial charge in [-0.05, 0) is 45.0 Å². The van der Waals surface area contributed by atoms with Gasteiger partial charge in [-0.3, -0.25) is 9.59 Å². The minimum absolute atomic E-state index is 0.0292. The summed E-state index contributed by atoms with van der Waals surface area (Å²) in [5, 5.41) is 12.4. The molecule has 1 aromatic heterocycles. The summed E-state index contributed by atoms with van der Waals surface area (Å²) in [6.45, 7) is 5.22. The minimum atomic E-state index is -4.79. The van der Waals surface area contributed by atoms with E-state index in [-0.39, 0.29) is 42.2 Å². The van der Waals surface area contributed by atoms with Gasteiger partial charge >= 0.3 is 6.18 Å². The molecule has 3 heterocycles. The number of hydrogen-bond acceptors (Lipinski definition) is 9. The average molecular weight is 676 g/mol. The third-order valence-corrected chi connectivity index (χ3v) is 8.28. The third-order valence-electron chi connectivity index (χ3n) is 8.28. The Hall–Kier alpha value is -4.26. The van der Waals surface area contributed by atoms with Crippen LogP contribution in [0.3, 0.4) is 0 Å². The molecule has 2 amide bonds. The van der Waals surface area contributed by atoms with Gasteiger partial charge in [-0.25, -0.2) is 9.37 Å². The van der Waals surface area contributed by atoms with Crippen LogP contribution in [0.1, 0.15) is 29.7 Å². The number of nitrogens with one attached hydrogen (secondary N) is 1. The fourth-order valence-corrected chi connectivity index (χ4v) is 5.60. The number of likely N-dealkylation sites (tertiary alicyclic amines) is 1. The standard InChI is InChI=1S/C33H41F4N7O4/c1-22-18-25(33(35,36)37)24(19-38)31(39-22)40-27-11-14-43(30-26(34)8-5-9-28(30)42(3)32(27)46)13-7-16-48-23-20-44(21-23)29(45)10-6-12-41(2)15-17-47-4/h5-6,8-10,18,23,27H,7,11-17,20-21H2,1-4H3,(H,39,40). The van der Waals surface area contributed by atoms with Crippen molar-refractivity contribution in [3.63, 3.8) is 0 Å². The van der Waals surface area contributed by atoms with E-state index in [1.807, 2.05) is 18.0 Å². The number of nitrogens with zero attached hydrogens (tertiary/aromatic N) is 6. The molecule has 1 unspecified atom stereocenters. The Kier molecular flexibility index (Phi) is 12.4. The van der Waals surface area contributed by atoms with Gasteiger partial charge in [0.1, 0.15) is 29.3 Å². The molecule has 1 saturated heterocycles. The molecule has 260 valence electrons. The summed E-state index contributed by atoms with van der Waals surface area (Å²) >= 11 is 0. The van der Waals surface area contributed by atoms with E-state index < -0.39 is 35.1 Å². The molecule has 1 fully saturated rings. The van der Waals surface area contributed by atoms with Crippen LogP contribution >= 0.6 is 0 Å². The number of aryl methyl sites for hydroxylation is 1. The number of nitriles is 1. The summed E-state index contributed by atoms with van der Waals surface area (Å²) in [4.78, 5) is 36.9. The first-order valence-corrected chi connectivity index (χ1v) is 15.6. The van der Waals surface area contributed by atoms with Crippen LogP contribution in [0.2, 0.25) is 0 Å². The van der Waals surface area contributed by atoms with Gasteiger partial charge in [0.25, 0.3) is 0 Å². The number of carbonyl (C=O) groups excluding carboxylic acids is 2. The fraction of sp³-hybridized carbons (Fsp3) is 0.515. The minimum Gasteiger partial charge on any atom is -0.383 e. The lowest BCUT2D eigenvalue weighted by Gasteiger charge is -2.38. The summed E-state index contributed by atoms with van der Waals surface area (Å²) in [6.07, 6.45) is -0.931. The highest BCUT2D eigenvalue weighted by Gasteiger charge is 2.37. The number of pyridine rings is 1. The van der Waals surface area contributed by atoms with Crippen LogP contribution in [0, 0.1) is 24.1 Å². The SMILES string of the molecule is COCCN(C)CC=CC(=O)N1CC(OCCCN2CCC(Nc3nc(C)cc(C(F)(F)F)c3C#N)C(=O)N(C)c3cccc(F)c32)C1. The van der Waals surface area contributed by atoms with Crippen molar-refractivity contribution in [1.29, 1.82) is 5.26 Å². The molecule has 48 heavy (non-hydrogen) atoms. The normalized spacial score (nSPS) is 17.3. The van der Waals surface area contributed by atoms with E-state index >= 15 is 4.39 Å². The van der Waals surface area contributed by atoms with Gasteiger partial charge in [-0.15, -0.1) is 0 Å². The van der Waals surface area contributed by atoms with Crippen molar-refractivity contribution in [3.05, 3.63) is 59.1 Å². The molecule has 1 aromatic carbocycles. The maximum atomic E-state index is 15.3. The van der Waals surface area contributed by atoms with E-state index in [1.165, 1.54) is 31.0 Å². The van der Waals surface area contributed by atoms with Crippen molar-refractivity contribution >= 4 is 29.0 Å². The van der Waals surface area contributed by atoms with Gasteiger partial charge in [-0.2, -0.15) is 18.4 Å². The number of ether oxygens (including phenoxy) is 2. The van der Waals surface area contributed by atoms with Gasteiger partial charge in [0, 0.05) is 71.8 Å². The molecule has 0 saturated carbocycles. The van der Waals surface area contributed by atoms with Crippen LogP contribution in [0.5, 0.6) is 0 Å². The lowest BCUT2D eigenvalue weighted by molar-refractivity contribution is -0.139. The lowest BCUT2D eigenvalue weighted by atomic mass is 10.0. The topological polar surface area (TPSA) is 114 Å². The van der Waals surface area contributed by atoms with Crippen molar-refractivity contribution in [2.75, 3.05) is 88.8 Å².